The molecular formula is C18H16F3NO4S. The predicted molar refractivity (Wildman–Crippen MR) is 93.5 cm³/mol. The van der Waals surface area contributed by atoms with Gasteiger partial charge in [-0.25, -0.2) is 4.79 Å². The Balaban J connectivity index is 1.79. The monoisotopic (exact) mass is 399 g/mol. The number of hydrogen-bond acceptors (Lipinski definition) is 5. The second-order valence-corrected chi connectivity index (χ2v) is 6.42. The minimum atomic E-state index is -4.40. The van der Waals surface area contributed by atoms with Gasteiger partial charge in [0.15, 0.2) is 6.61 Å². The van der Waals surface area contributed by atoms with E-state index in [4.69, 9.17) is 9.47 Å². The molecule has 2 aromatic rings. The van der Waals surface area contributed by atoms with Gasteiger partial charge >= 0.3 is 11.5 Å². The van der Waals surface area contributed by atoms with Crippen LogP contribution in [0.3, 0.4) is 0 Å². The van der Waals surface area contributed by atoms with Crippen molar-refractivity contribution >= 4 is 23.6 Å². The Labute approximate surface area is 157 Å². The largest absolute Gasteiger partial charge is 0.497 e. The minimum Gasteiger partial charge on any atom is -0.497 e. The van der Waals surface area contributed by atoms with Crippen LogP contribution in [0.5, 0.6) is 5.75 Å². The number of esters is 1. The van der Waals surface area contributed by atoms with Crippen LogP contribution in [0.4, 0.5) is 13.2 Å². The van der Waals surface area contributed by atoms with E-state index < -0.39 is 24.0 Å². The van der Waals surface area contributed by atoms with Crippen molar-refractivity contribution in [2.45, 2.75) is 16.9 Å². The van der Waals surface area contributed by atoms with E-state index in [9.17, 15) is 22.8 Å². The van der Waals surface area contributed by atoms with Gasteiger partial charge in [0, 0.05) is 11.4 Å². The summed E-state index contributed by atoms with van der Waals surface area (Å²) in [5.74, 6) is -0.647. The Morgan fingerprint density at radius 1 is 1.11 bits per heavy atom. The smallest absolute Gasteiger partial charge is 0.446 e. The molecule has 1 amide bonds. The molecule has 0 saturated carbocycles. The predicted octanol–water partition coefficient (Wildman–Crippen LogP) is 3.78. The summed E-state index contributed by atoms with van der Waals surface area (Å²) in [4.78, 5) is 23.6. The van der Waals surface area contributed by atoms with E-state index in [0.29, 0.717) is 5.75 Å². The number of nitrogens with one attached hydrogen (secondary N) is 1. The fraction of sp³-hybridized carbons (Fsp3) is 0.222. The first-order chi connectivity index (χ1) is 12.8. The van der Waals surface area contributed by atoms with E-state index in [0.717, 1.165) is 17.7 Å². The molecular weight excluding hydrogens is 383 g/mol. The molecule has 9 heteroatoms. The number of carbonyl (C=O) groups excluding carboxylic acids is 2. The number of methoxy groups -OCH3 is 1. The maximum atomic E-state index is 12.3. The van der Waals surface area contributed by atoms with Gasteiger partial charge < -0.3 is 14.8 Å². The van der Waals surface area contributed by atoms with E-state index in [1.165, 1.54) is 19.2 Å². The van der Waals surface area contributed by atoms with Gasteiger partial charge in [-0.3, -0.25) is 4.79 Å². The van der Waals surface area contributed by atoms with Crippen LogP contribution in [0.15, 0.2) is 53.4 Å². The lowest BCUT2D eigenvalue weighted by atomic mass is 10.2. The van der Waals surface area contributed by atoms with Crippen molar-refractivity contribution in [2.24, 2.45) is 0 Å². The van der Waals surface area contributed by atoms with Crippen LogP contribution in [0.2, 0.25) is 0 Å². The van der Waals surface area contributed by atoms with Crippen molar-refractivity contribution in [3.63, 3.8) is 0 Å². The minimum absolute atomic E-state index is 0.0462. The molecule has 0 heterocycles. The Morgan fingerprint density at radius 2 is 1.81 bits per heavy atom. The highest BCUT2D eigenvalue weighted by Crippen LogP contribution is 2.36. The first-order valence-electron chi connectivity index (χ1n) is 7.69. The quantitative estimate of drug-likeness (QED) is 0.567. The molecule has 144 valence electrons. The zero-order valence-electron chi connectivity index (χ0n) is 14.2. The van der Waals surface area contributed by atoms with E-state index in [1.54, 1.807) is 24.3 Å². The van der Waals surface area contributed by atoms with Gasteiger partial charge in [0.1, 0.15) is 5.75 Å². The summed E-state index contributed by atoms with van der Waals surface area (Å²) >= 11 is -0.279. The van der Waals surface area contributed by atoms with Gasteiger partial charge in [0.25, 0.3) is 5.91 Å². The Hall–Kier alpha value is -2.68. The van der Waals surface area contributed by atoms with Gasteiger partial charge in [-0.1, -0.05) is 12.1 Å². The molecule has 2 rings (SSSR count). The summed E-state index contributed by atoms with van der Waals surface area (Å²) in [6, 6.07) is 11.9. The summed E-state index contributed by atoms with van der Waals surface area (Å²) in [6.45, 7) is -0.265. The zero-order valence-corrected chi connectivity index (χ0v) is 15.0. The summed E-state index contributed by atoms with van der Waals surface area (Å²) < 4.78 is 46.7. The van der Waals surface area contributed by atoms with Crippen molar-refractivity contribution in [3.8, 4) is 5.75 Å². The second kappa shape index (κ2) is 9.31. The third-order valence-corrected chi connectivity index (χ3v) is 4.02. The molecule has 5 nitrogen and oxygen atoms in total. The van der Waals surface area contributed by atoms with Crippen molar-refractivity contribution in [3.05, 3.63) is 59.7 Å². The summed E-state index contributed by atoms with van der Waals surface area (Å²) in [6.07, 6.45) is 0. The highest BCUT2D eigenvalue weighted by atomic mass is 32.2. The molecule has 0 radical (unpaired) electrons. The van der Waals surface area contributed by atoms with Crippen LogP contribution >= 0.6 is 11.8 Å². The van der Waals surface area contributed by atoms with Crippen molar-refractivity contribution in [1.82, 2.24) is 5.32 Å². The highest BCUT2D eigenvalue weighted by molar-refractivity contribution is 8.00. The van der Waals surface area contributed by atoms with Gasteiger partial charge in [0.05, 0.1) is 12.7 Å². The normalized spacial score (nSPS) is 11.0. The summed E-state index contributed by atoms with van der Waals surface area (Å²) in [5.41, 5.74) is -3.53. The van der Waals surface area contributed by atoms with Crippen LogP contribution in [-0.2, 0) is 16.1 Å². The number of amides is 1. The van der Waals surface area contributed by atoms with Crippen LogP contribution in [0.1, 0.15) is 15.9 Å². The van der Waals surface area contributed by atoms with E-state index in [2.05, 4.69) is 5.32 Å². The lowest BCUT2D eigenvalue weighted by Gasteiger charge is -2.08. The van der Waals surface area contributed by atoms with Gasteiger partial charge in [-0.15, -0.1) is 0 Å². The fourth-order valence-electron chi connectivity index (χ4n) is 2.04. The number of hydrogen-bond donors (Lipinski definition) is 1. The molecule has 0 atom stereocenters. The van der Waals surface area contributed by atoms with Crippen LogP contribution in [0, 0.1) is 0 Å². The maximum Gasteiger partial charge on any atom is 0.446 e. The van der Waals surface area contributed by atoms with Gasteiger partial charge in [0.2, 0.25) is 0 Å². The number of ether oxygens (including phenoxy) is 2. The number of thioether (sulfide) groups is 1. The molecule has 0 saturated heterocycles. The molecule has 0 spiro atoms. The third kappa shape index (κ3) is 7.22. The van der Waals surface area contributed by atoms with Crippen molar-refractivity contribution in [2.75, 3.05) is 13.7 Å². The Morgan fingerprint density at radius 3 is 2.44 bits per heavy atom. The number of benzene rings is 2. The Bertz CT molecular complexity index is 794. The highest BCUT2D eigenvalue weighted by Gasteiger charge is 2.29. The average Bonchev–Trinajstić information content (AvgIpc) is 2.64. The number of halogens is 3. The summed E-state index contributed by atoms with van der Waals surface area (Å²) in [5, 5.41) is 2.59. The van der Waals surface area contributed by atoms with Crippen LogP contribution in [0.25, 0.3) is 0 Å². The molecule has 2 aromatic carbocycles. The SMILES string of the molecule is COc1cccc(CNC(=O)COC(=O)c2ccc(SC(F)(F)F)cc2)c1. The maximum absolute atomic E-state index is 12.3. The van der Waals surface area contributed by atoms with Crippen LogP contribution in [-0.4, -0.2) is 31.1 Å². The van der Waals surface area contributed by atoms with E-state index in [-0.39, 0.29) is 28.8 Å². The molecule has 1 N–H and O–H groups in total. The molecule has 27 heavy (non-hydrogen) atoms. The standard InChI is InChI=1S/C18H16F3NO4S/c1-25-14-4-2-3-12(9-14)10-22-16(23)11-26-17(24)13-5-7-15(8-6-13)27-18(19,20)21/h2-9H,10-11H2,1H3,(H,22,23). The number of carbonyl (C=O) groups is 2. The fourth-order valence-corrected chi connectivity index (χ4v) is 2.58. The van der Waals surface area contributed by atoms with E-state index >= 15 is 0 Å². The van der Waals surface area contributed by atoms with Gasteiger partial charge in [-0.05, 0) is 53.7 Å². The van der Waals surface area contributed by atoms with Gasteiger partial charge in [-0.2, -0.15) is 13.2 Å². The lowest BCUT2D eigenvalue weighted by Crippen LogP contribution is -2.28. The Kier molecular flexibility index (Phi) is 7.12. The number of alkyl halides is 3. The van der Waals surface area contributed by atoms with Crippen molar-refractivity contribution in [1.29, 1.82) is 0 Å². The molecule has 0 aromatic heterocycles. The summed E-state index contributed by atoms with van der Waals surface area (Å²) in [7, 11) is 1.53. The molecule has 0 aliphatic heterocycles. The number of rotatable bonds is 7. The molecule has 0 bridgehead atoms. The third-order valence-electron chi connectivity index (χ3n) is 3.28. The van der Waals surface area contributed by atoms with Crippen LogP contribution < -0.4 is 10.1 Å². The second-order valence-electron chi connectivity index (χ2n) is 5.28. The molecule has 0 unspecified atom stereocenters. The molecule has 0 aliphatic carbocycles. The molecule has 0 fully saturated rings. The average molecular weight is 399 g/mol. The first kappa shape index (κ1) is 20.6. The zero-order chi connectivity index (χ0) is 19.9. The van der Waals surface area contributed by atoms with Crippen molar-refractivity contribution < 1.29 is 32.2 Å². The lowest BCUT2D eigenvalue weighted by molar-refractivity contribution is -0.124. The molecule has 0 aliphatic rings. The topological polar surface area (TPSA) is 64.6 Å². The van der Waals surface area contributed by atoms with E-state index in [1.807, 2.05) is 0 Å². The first-order valence-corrected chi connectivity index (χ1v) is 8.51.